The first-order valence-corrected chi connectivity index (χ1v) is 12.8. The van der Waals surface area contributed by atoms with Crippen LogP contribution < -0.4 is 10.9 Å². The summed E-state index contributed by atoms with van der Waals surface area (Å²) in [5.41, 5.74) is 4.60. The van der Waals surface area contributed by atoms with E-state index in [0.717, 1.165) is 25.9 Å². The Bertz CT molecular complexity index is 567. The molecule has 8 heteroatoms. The van der Waals surface area contributed by atoms with Gasteiger partial charge in [-0.05, 0) is 37.5 Å². The lowest BCUT2D eigenvalue weighted by molar-refractivity contribution is -0.133. The topological polar surface area (TPSA) is 103 Å². The second kappa shape index (κ2) is 18.8. The first-order valence-electron chi connectivity index (χ1n) is 12.8. The highest BCUT2D eigenvalue weighted by Crippen LogP contribution is 2.21. The van der Waals surface area contributed by atoms with E-state index in [2.05, 4.69) is 31.6 Å². The number of nitrogens with one attached hydrogen (secondary N) is 2. The van der Waals surface area contributed by atoms with Crippen LogP contribution in [0.4, 0.5) is 0 Å². The van der Waals surface area contributed by atoms with Crippen LogP contribution >= 0.6 is 0 Å². The lowest BCUT2D eigenvalue weighted by atomic mass is 9.90. The third kappa shape index (κ3) is 22.3. The molecule has 0 fully saturated rings. The Morgan fingerprint density at radius 1 is 0.588 bits per heavy atom. The molecular formula is C26H50N2O6. The van der Waals surface area contributed by atoms with Gasteiger partial charge >= 0.3 is 0 Å². The second-order valence-electron chi connectivity index (χ2n) is 11.0. The van der Waals surface area contributed by atoms with Crippen molar-refractivity contribution in [2.45, 2.75) is 99.3 Å². The number of carbonyl (C=O) groups is 3. The Labute approximate surface area is 207 Å². The average Bonchev–Trinajstić information content (AvgIpc) is 2.73. The fourth-order valence-corrected chi connectivity index (χ4v) is 2.88. The molecule has 0 aromatic heterocycles. The zero-order valence-corrected chi connectivity index (χ0v) is 22.6. The van der Waals surface area contributed by atoms with Gasteiger partial charge < -0.3 is 14.2 Å². The second-order valence-corrected chi connectivity index (χ2v) is 11.0. The maximum absolute atomic E-state index is 11.9. The standard InChI is InChI=1S/C26H50N2O6/c1-25(2,3)15-8-10-17-33-19-21-34-20-18-32-16-9-7-12-22(29)13-11-14-23(30)27-28-24(31)26(4,5)6/h7-21H2,1-6H3,(H,27,30)(H,28,31). The molecule has 0 atom stereocenters. The Hall–Kier alpha value is -1.51. The van der Waals surface area contributed by atoms with Crippen LogP contribution in [0, 0.1) is 10.8 Å². The molecule has 0 rings (SSSR count). The number of rotatable bonds is 19. The number of amides is 2. The molecule has 0 aliphatic rings. The summed E-state index contributed by atoms with van der Waals surface area (Å²) >= 11 is 0. The van der Waals surface area contributed by atoms with Crippen LogP contribution in [0.15, 0.2) is 0 Å². The third-order valence-corrected chi connectivity index (χ3v) is 5.06. The van der Waals surface area contributed by atoms with Crippen LogP contribution in [-0.2, 0) is 28.6 Å². The van der Waals surface area contributed by atoms with Crippen LogP contribution in [0.5, 0.6) is 0 Å². The molecule has 0 spiro atoms. The Balaban J connectivity index is 3.39. The first kappa shape index (κ1) is 32.5. The molecule has 0 saturated heterocycles. The predicted molar refractivity (Wildman–Crippen MR) is 134 cm³/mol. The number of ether oxygens (including phenoxy) is 3. The van der Waals surface area contributed by atoms with Crippen molar-refractivity contribution in [2.24, 2.45) is 10.8 Å². The molecule has 0 heterocycles. The normalized spacial score (nSPS) is 11.9. The van der Waals surface area contributed by atoms with Gasteiger partial charge in [-0.3, -0.25) is 25.2 Å². The molecule has 34 heavy (non-hydrogen) atoms. The summed E-state index contributed by atoms with van der Waals surface area (Å²) < 4.78 is 16.6. The van der Waals surface area contributed by atoms with Crippen molar-refractivity contribution in [1.29, 1.82) is 0 Å². The van der Waals surface area contributed by atoms with Crippen molar-refractivity contribution in [3.8, 4) is 0 Å². The summed E-state index contributed by atoms with van der Waals surface area (Å²) in [7, 11) is 0. The molecule has 0 aliphatic heterocycles. The highest BCUT2D eigenvalue weighted by molar-refractivity contribution is 5.85. The molecule has 0 radical (unpaired) electrons. The van der Waals surface area contributed by atoms with Crippen molar-refractivity contribution in [3.05, 3.63) is 0 Å². The largest absolute Gasteiger partial charge is 0.379 e. The average molecular weight is 487 g/mol. The van der Waals surface area contributed by atoms with E-state index in [1.54, 1.807) is 20.8 Å². The summed E-state index contributed by atoms with van der Waals surface area (Å²) in [4.78, 5) is 35.3. The molecule has 2 N–H and O–H groups in total. The van der Waals surface area contributed by atoms with Crippen molar-refractivity contribution in [2.75, 3.05) is 39.6 Å². The van der Waals surface area contributed by atoms with Crippen molar-refractivity contribution >= 4 is 17.6 Å². The molecule has 0 aromatic carbocycles. The van der Waals surface area contributed by atoms with Crippen molar-refractivity contribution in [3.63, 3.8) is 0 Å². The number of hydrogen-bond donors (Lipinski definition) is 2. The van der Waals surface area contributed by atoms with Gasteiger partial charge in [-0.2, -0.15) is 0 Å². The van der Waals surface area contributed by atoms with Crippen LogP contribution in [-0.4, -0.2) is 57.2 Å². The highest BCUT2D eigenvalue weighted by atomic mass is 16.5. The van der Waals surface area contributed by atoms with Gasteiger partial charge in [-0.1, -0.05) is 48.0 Å². The number of unbranched alkanes of at least 4 members (excludes halogenated alkanes) is 2. The maximum Gasteiger partial charge on any atom is 0.243 e. The maximum atomic E-state index is 11.9. The van der Waals surface area contributed by atoms with Crippen molar-refractivity contribution in [1.82, 2.24) is 10.9 Å². The SMILES string of the molecule is CC(C)(C)CCCCOCCOCCOCCCCC(=O)CCCC(=O)NNC(=O)C(C)(C)C. The Morgan fingerprint density at radius 2 is 1.09 bits per heavy atom. The zero-order valence-electron chi connectivity index (χ0n) is 22.6. The lowest BCUT2D eigenvalue weighted by Crippen LogP contribution is -2.46. The van der Waals surface area contributed by atoms with E-state index in [1.807, 2.05) is 0 Å². The van der Waals surface area contributed by atoms with E-state index >= 15 is 0 Å². The van der Waals surface area contributed by atoms with E-state index in [0.29, 0.717) is 57.7 Å². The van der Waals surface area contributed by atoms with Gasteiger partial charge in [-0.15, -0.1) is 0 Å². The van der Waals surface area contributed by atoms with E-state index in [1.165, 1.54) is 12.8 Å². The highest BCUT2D eigenvalue weighted by Gasteiger charge is 2.21. The van der Waals surface area contributed by atoms with Gasteiger partial charge in [0.05, 0.1) is 26.4 Å². The van der Waals surface area contributed by atoms with Gasteiger partial charge in [0.25, 0.3) is 0 Å². The zero-order chi connectivity index (χ0) is 25.9. The van der Waals surface area contributed by atoms with Crippen molar-refractivity contribution < 1.29 is 28.6 Å². The molecule has 2 amide bonds. The van der Waals surface area contributed by atoms with Gasteiger partial charge in [0.1, 0.15) is 5.78 Å². The van der Waals surface area contributed by atoms with Crippen LogP contribution in [0.2, 0.25) is 0 Å². The number of hydrazine groups is 1. The minimum atomic E-state index is -0.569. The van der Waals surface area contributed by atoms with E-state index in [4.69, 9.17) is 14.2 Å². The van der Waals surface area contributed by atoms with E-state index < -0.39 is 5.41 Å². The Kier molecular flexibility index (Phi) is 17.9. The van der Waals surface area contributed by atoms with Gasteiger partial charge in [0.2, 0.25) is 11.8 Å². The van der Waals surface area contributed by atoms with Gasteiger partial charge in [0.15, 0.2) is 0 Å². The summed E-state index contributed by atoms with van der Waals surface area (Å²) in [6, 6.07) is 0. The molecule has 200 valence electrons. The molecule has 0 saturated carbocycles. The summed E-state index contributed by atoms with van der Waals surface area (Å²) in [5.74, 6) is -0.394. The molecular weight excluding hydrogens is 436 g/mol. The number of ketones is 1. The fourth-order valence-electron chi connectivity index (χ4n) is 2.88. The number of Topliss-reactive ketones (excluding diaryl/α,β-unsaturated/α-hetero) is 1. The molecule has 0 bridgehead atoms. The van der Waals surface area contributed by atoms with Gasteiger partial charge in [0, 0.05) is 37.9 Å². The van der Waals surface area contributed by atoms with Crippen LogP contribution in [0.25, 0.3) is 0 Å². The lowest BCUT2D eigenvalue weighted by Gasteiger charge is -2.17. The molecule has 0 aromatic rings. The monoisotopic (exact) mass is 486 g/mol. The minimum absolute atomic E-state index is 0.147. The summed E-state index contributed by atoms with van der Waals surface area (Å²) in [6.07, 6.45) is 6.65. The van der Waals surface area contributed by atoms with E-state index in [9.17, 15) is 14.4 Å². The number of carbonyl (C=O) groups excluding carboxylic acids is 3. The number of hydrogen-bond acceptors (Lipinski definition) is 6. The quantitative estimate of drug-likeness (QED) is 0.208. The summed E-state index contributed by atoms with van der Waals surface area (Å²) in [5, 5.41) is 0. The Morgan fingerprint density at radius 3 is 1.62 bits per heavy atom. The van der Waals surface area contributed by atoms with E-state index in [-0.39, 0.29) is 24.0 Å². The summed E-state index contributed by atoms with van der Waals surface area (Å²) in [6.45, 7) is 15.7. The molecule has 8 nitrogen and oxygen atoms in total. The van der Waals surface area contributed by atoms with Crippen LogP contribution in [0.3, 0.4) is 0 Å². The third-order valence-electron chi connectivity index (χ3n) is 5.06. The fraction of sp³-hybridized carbons (Fsp3) is 0.885. The first-order chi connectivity index (χ1) is 15.9. The minimum Gasteiger partial charge on any atom is -0.379 e. The molecule has 0 unspecified atom stereocenters. The van der Waals surface area contributed by atoms with Crippen LogP contribution in [0.1, 0.15) is 99.3 Å². The smallest absolute Gasteiger partial charge is 0.243 e. The predicted octanol–water partition coefficient (Wildman–Crippen LogP) is 4.36. The van der Waals surface area contributed by atoms with Gasteiger partial charge in [-0.25, -0.2) is 0 Å². The molecule has 0 aliphatic carbocycles.